The Morgan fingerprint density at radius 3 is 1.04 bits per heavy atom. The van der Waals surface area contributed by atoms with E-state index in [0.29, 0.717) is 0 Å². The van der Waals surface area contributed by atoms with E-state index in [9.17, 15) is 0 Å². The Hall–Kier alpha value is -9.96. The normalized spacial score (nSPS) is 11.5. The first-order valence-electron chi connectivity index (χ1n) is 25.6. The van der Waals surface area contributed by atoms with Crippen LogP contribution in [0.3, 0.4) is 0 Å². The van der Waals surface area contributed by atoms with Crippen LogP contribution in [0.1, 0.15) is 0 Å². The first kappa shape index (κ1) is 43.8. The van der Waals surface area contributed by atoms with Crippen LogP contribution in [0.2, 0.25) is 0 Å². The Labute approximate surface area is 436 Å². The van der Waals surface area contributed by atoms with E-state index in [1.807, 2.05) is 12.1 Å². The predicted molar refractivity (Wildman–Crippen MR) is 315 cm³/mol. The minimum atomic E-state index is 0.906. The summed E-state index contributed by atoms with van der Waals surface area (Å²) in [5, 5.41) is 4.82. The molecule has 75 heavy (non-hydrogen) atoms. The Morgan fingerprint density at radius 1 is 0.227 bits per heavy atom. The van der Waals surface area contributed by atoms with Crippen LogP contribution in [0.15, 0.2) is 296 Å². The molecule has 0 spiro atoms. The molecular formula is C72H48N2O. The van der Waals surface area contributed by atoms with Gasteiger partial charge in [0.15, 0.2) is 0 Å². The summed E-state index contributed by atoms with van der Waals surface area (Å²) >= 11 is 0. The summed E-state index contributed by atoms with van der Waals surface area (Å²) in [6, 6.07) is 105. The van der Waals surface area contributed by atoms with Gasteiger partial charge in [-0.3, -0.25) is 0 Å². The van der Waals surface area contributed by atoms with Crippen molar-refractivity contribution in [3.05, 3.63) is 291 Å². The molecule has 12 aromatic carbocycles. The van der Waals surface area contributed by atoms with Crippen LogP contribution < -0.4 is 4.90 Å². The number of hydrogen-bond donors (Lipinski definition) is 0. The van der Waals surface area contributed by atoms with Crippen LogP contribution in [-0.2, 0) is 0 Å². The lowest BCUT2D eigenvalue weighted by Crippen LogP contribution is -2.09. The highest BCUT2D eigenvalue weighted by Crippen LogP contribution is 2.40. The molecule has 3 nitrogen and oxygen atoms in total. The number of rotatable bonds is 10. The second-order valence-corrected chi connectivity index (χ2v) is 19.3. The van der Waals surface area contributed by atoms with Gasteiger partial charge in [-0.25, -0.2) is 0 Å². The fraction of sp³-hybridized carbons (Fsp3) is 0. The zero-order valence-electron chi connectivity index (χ0n) is 41.0. The van der Waals surface area contributed by atoms with Crippen LogP contribution in [0.5, 0.6) is 0 Å². The van der Waals surface area contributed by atoms with Crippen molar-refractivity contribution in [2.45, 2.75) is 0 Å². The van der Waals surface area contributed by atoms with Gasteiger partial charge in [0.2, 0.25) is 0 Å². The van der Waals surface area contributed by atoms with E-state index in [2.05, 4.69) is 289 Å². The summed E-state index contributed by atoms with van der Waals surface area (Å²) in [6.07, 6.45) is 0. The summed E-state index contributed by atoms with van der Waals surface area (Å²) in [6.45, 7) is 0. The largest absolute Gasteiger partial charge is 0.456 e. The number of para-hydroxylation sites is 3. The molecule has 0 aliphatic rings. The highest BCUT2D eigenvalue weighted by Gasteiger charge is 2.16. The topological polar surface area (TPSA) is 21.3 Å². The van der Waals surface area contributed by atoms with Gasteiger partial charge in [-0.1, -0.05) is 212 Å². The number of fused-ring (bicyclic) bond motifs is 6. The highest BCUT2D eigenvalue weighted by atomic mass is 16.3. The monoisotopic (exact) mass is 956 g/mol. The molecule has 0 saturated carbocycles. The maximum Gasteiger partial charge on any atom is 0.136 e. The average Bonchev–Trinajstić information content (AvgIpc) is 4.05. The lowest BCUT2D eigenvalue weighted by Gasteiger charge is -2.26. The summed E-state index contributed by atoms with van der Waals surface area (Å²) < 4.78 is 8.59. The zero-order chi connectivity index (χ0) is 49.7. The number of anilines is 3. The Kier molecular flexibility index (Phi) is 10.8. The van der Waals surface area contributed by atoms with E-state index >= 15 is 0 Å². The van der Waals surface area contributed by atoms with Crippen LogP contribution in [0.25, 0.3) is 116 Å². The van der Waals surface area contributed by atoms with E-state index in [1.165, 1.54) is 60.8 Å². The van der Waals surface area contributed by atoms with Crippen molar-refractivity contribution in [3.8, 4) is 72.4 Å². The molecule has 352 valence electrons. The molecule has 0 atom stereocenters. The van der Waals surface area contributed by atoms with Gasteiger partial charge in [0.1, 0.15) is 11.2 Å². The molecule has 0 bridgehead atoms. The third kappa shape index (κ3) is 8.14. The van der Waals surface area contributed by atoms with E-state index in [1.54, 1.807) is 0 Å². The number of benzene rings is 12. The molecule has 3 heteroatoms. The van der Waals surface area contributed by atoms with Crippen molar-refractivity contribution in [2.75, 3.05) is 4.90 Å². The van der Waals surface area contributed by atoms with Crippen LogP contribution in [0, 0.1) is 0 Å². The van der Waals surface area contributed by atoms with Crippen molar-refractivity contribution < 1.29 is 4.42 Å². The fourth-order valence-electron chi connectivity index (χ4n) is 11.0. The molecule has 2 heterocycles. The molecule has 14 rings (SSSR count). The van der Waals surface area contributed by atoms with Gasteiger partial charge in [0, 0.05) is 44.3 Å². The Morgan fingerprint density at radius 2 is 0.560 bits per heavy atom. The lowest BCUT2D eigenvalue weighted by atomic mass is 9.98. The quantitative estimate of drug-likeness (QED) is 0.136. The molecular weight excluding hydrogens is 909 g/mol. The number of hydrogen-bond acceptors (Lipinski definition) is 2. The summed E-state index contributed by atoms with van der Waals surface area (Å²) in [7, 11) is 0. The van der Waals surface area contributed by atoms with Gasteiger partial charge in [-0.05, 0) is 146 Å². The van der Waals surface area contributed by atoms with Crippen LogP contribution in [0.4, 0.5) is 17.1 Å². The summed E-state index contributed by atoms with van der Waals surface area (Å²) in [5.41, 5.74) is 22.7. The highest BCUT2D eigenvalue weighted by molar-refractivity contribution is 6.09. The van der Waals surface area contributed by atoms with Gasteiger partial charge in [0.25, 0.3) is 0 Å². The lowest BCUT2D eigenvalue weighted by molar-refractivity contribution is 0.669. The summed E-state index contributed by atoms with van der Waals surface area (Å²) in [5.74, 6) is 0. The maximum atomic E-state index is 6.21. The van der Waals surface area contributed by atoms with Crippen LogP contribution >= 0.6 is 0 Å². The van der Waals surface area contributed by atoms with Crippen molar-refractivity contribution in [1.29, 1.82) is 0 Å². The Bertz CT molecular complexity index is 4290. The minimum Gasteiger partial charge on any atom is -0.456 e. The van der Waals surface area contributed by atoms with E-state index in [4.69, 9.17) is 4.42 Å². The molecule has 0 saturated heterocycles. The second-order valence-electron chi connectivity index (χ2n) is 19.3. The summed E-state index contributed by atoms with van der Waals surface area (Å²) in [4.78, 5) is 2.35. The average molecular weight is 957 g/mol. The molecule has 0 amide bonds. The molecule has 0 unspecified atom stereocenters. The zero-order valence-corrected chi connectivity index (χ0v) is 41.0. The smallest absolute Gasteiger partial charge is 0.136 e. The van der Waals surface area contributed by atoms with E-state index in [0.717, 1.165) is 72.5 Å². The Balaban J connectivity index is 0.751. The van der Waals surface area contributed by atoms with E-state index < -0.39 is 0 Å². The number of furan rings is 1. The van der Waals surface area contributed by atoms with Gasteiger partial charge < -0.3 is 13.9 Å². The minimum absolute atomic E-state index is 0.906. The van der Waals surface area contributed by atoms with Gasteiger partial charge in [-0.15, -0.1) is 0 Å². The standard InChI is InChI=1S/C72H48N2O/c1-2-11-49(12-3-1)50-21-23-51(24-22-50)54-33-40-61(41-34-54)73(63-44-37-56(38-45-63)53-27-31-58(32-28-53)60-39-46-68-67-17-6-9-20-71(67)75-72(68)48-60)62-42-35-55(36-43-62)52-25-29-57(30-26-52)59-13-10-14-64(47-59)74-69-18-7-4-15-65(69)66-16-5-8-19-70(66)74/h1-48H. The molecule has 0 aliphatic heterocycles. The van der Waals surface area contributed by atoms with Gasteiger partial charge in [0.05, 0.1) is 11.0 Å². The predicted octanol–water partition coefficient (Wildman–Crippen LogP) is 20.2. The fourth-order valence-corrected chi connectivity index (χ4v) is 11.0. The number of aromatic nitrogens is 1. The SMILES string of the molecule is c1ccc(-c2ccc(-c3ccc(N(c4ccc(-c5ccc(-c6cccc(-n7c8ccccc8c8ccccc87)c6)cc5)cc4)c4ccc(-c5ccc(-c6ccc7c(c6)oc6ccccc67)cc5)cc4)cc3)cc2)cc1. The number of nitrogens with zero attached hydrogens (tertiary/aromatic N) is 2. The van der Waals surface area contributed by atoms with Gasteiger partial charge in [-0.2, -0.15) is 0 Å². The van der Waals surface area contributed by atoms with Crippen molar-refractivity contribution >= 4 is 60.8 Å². The van der Waals surface area contributed by atoms with Crippen molar-refractivity contribution in [2.24, 2.45) is 0 Å². The molecule has 0 radical (unpaired) electrons. The van der Waals surface area contributed by atoms with E-state index in [-0.39, 0.29) is 0 Å². The second kappa shape index (κ2) is 18.6. The van der Waals surface area contributed by atoms with Crippen molar-refractivity contribution in [1.82, 2.24) is 4.57 Å². The first-order valence-corrected chi connectivity index (χ1v) is 25.6. The molecule has 0 N–H and O–H groups in total. The third-order valence-electron chi connectivity index (χ3n) is 14.9. The van der Waals surface area contributed by atoms with Crippen molar-refractivity contribution in [3.63, 3.8) is 0 Å². The first-order chi connectivity index (χ1) is 37.1. The molecule has 0 fully saturated rings. The van der Waals surface area contributed by atoms with Crippen LogP contribution in [-0.4, -0.2) is 4.57 Å². The molecule has 14 aromatic rings. The molecule has 2 aromatic heterocycles. The maximum absolute atomic E-state index is 6.21. The third-order valence-corrected chi connectivity index (χ3v) is 14.9. The van der Waals surface area contributed by atoms with Gasteiger partial charge >= 0.3 is 0 Å². The molecule has 0 aliphatic carbocycles.